The number of methoxy groups -OCH3 is 1. The molecule has 128 valence electrons. The minimum absolute atomic E-state index is 0.0962. The van der Waals surface area contributed by atoms with Crippen molar-refractivity contribution in [3.63, 3.8) is 0 Å². The number of hydrogen-bond donors (Lipinski definition) is 3. The van der Waals surface area contributed by atoms with Crippen molar-refractivity contribution in [2.45, 2.75) is 24.6 Å². The van der Waals surface area contributed by atoms with Crippen LogP contribution in [-0.2, 0) is 4.74 Å². The second kappa shape index (κ2) is 7.19. The van der Waals surface area contributed by atoms with Gasteiger partial charge in [-0.3, -0.25) is 0 Å². The summed E-state index contributed by atoms with van der Waals surface area (Å²) in [6, 6.07) is 14.9. The highest BCUT2D eigenvalue weighted by Crippen LogP contribution is 2.27. The van der Waals surface area contributed by atoms with Crippen molar-refractivity contribution in [2.75, 3.05) is 13.7 Å². The Morgan fingerprint density at radius 2 is 1.67 bits per heavy atom. The Morgan fingerprint density at radius 1 is 0.917 bits per heavy atom. The molecular weight excluding hydrogens is 312 g/mol. The van der Waals surface area contributed by atoms with E-state index in [9.17, 15) is 15.3 Å². The van der Waals surface area contributed by atoms with Gasteiger partial charge in [-0.25, -0.2) is 0 Å². The monoisotopic (exact) mass is 332 g/mol. The van der Waals surface area contributed by atoms with E-state index < -0.39 is 24.6 Å². The summed E-state index contributed by atoms with van der Waals surface area (Å²) in [5, 5.41) is 29.1. The molecular formula is C18H20O6. The number of hydrogen-bond acceptors (Lipinski definition) is 6. The maximum atomic E-state index is 9.94. The predicted octanol–water partition coefficient (Wildman–Crippen LogP) is 1.18. The third-order valence-electron chi connectivity index (χ3n) is 3.96. The van der Waals surface area contributed by atoms with E-state index in [-0.39, 0.29) is 6.61 Å². The van der Waals surface area contributed by atoms with Crippen LogP contribution in [0.3, 0.4) is 0 Å². The van der Waals surface area contributed by atoms with Crippen molar-refractivity contribution in [1.29, 1.82) is 0 Å². The molecule has 2 aromatic carbocycles. The molecule has 1 aliphatic rings. The van der Waals surface area contributed by atoms with E-state index in [1.54, 1.807) is 13.2 Å². The lowest BCUT2D eigenvalue weighted by molar-refractivity contribution is -0.242. The lowest BCUT2D eigenvalue weighted by Crippen LogP contribution is -2.54. The first-order valence-electron chi connectivity index (χ1n) is 7.65. The SMILES string of the molecule is COc1ccc(-c2cccc(O[C@H]3OC[C@H](O)[C@H](O)[C@H]3O)c2)cc1. The first-order chi connectivity index (χ1) is 11.6. The number of benzene rings is 2. The highest BCUT2D eigenvalue weighted by atomic mass is 16.7. The van der Waals surface area contributed by atoms with Gasteiger partial charge in [0.1, 0.15) is 29.8 Å². The van der Waals surface area contributed by atoms with Gasteiger partial charge < -0.3 is 29.5 Å². The average molecular weight is 332 g/mol. The fourth-order valence-electron chi connectivity index (χ4n) is 2.55. The molecule has 1 saturated heterocycles. The highest BCUT2D eigenvalue weighted by Gasteiger charge is 2.38. The molecule has 6 heteroatoms. The summed E-state index contributed by atoms with van der Waals surface area (Å²) in [5.41, 5.74) is 1.92. The Bertz CT molecular complexity index is 671. The van der Waals surface area contributed by atoms with Gasteiger partial charge >= 0.3 is 0 Å². The first-order valence-corrected chi connectivity index (χ1v) is 7.65. The standard InChI is InChI=1S/C18H20O6/c1-22-13-7-5-11(6-8-13)12-3-2-4-14(9-12)24-18-17(21)16(20)15(19)10-23-18/h2-9,15-21H,10H2,1H3/t15-,16-,17+,18+/m0/s1. The van der Waals surface area contributed by atoms with Gasteiger partial charge in [0.2, 0.25) is 6.29 Å². The van der Waals surface area contributed by atoms with E-state index in [0.717, 1.165) is 16.9 Å². The largest absolute Gasteiger partial charge is 0.497 e. The second-order valence-corrected chi connectivity index (χ2v) is 5.62. The van der Waals surface area contributed by atoms with Gasteiger partial charge in [0.15, 0.2) is 0 Å². The van der Waals surface area contributed by atoms with Crippen molar-refractivity contribution in [3.8, 4) is 22.6 Å². The molecule has 0 aliphatic carbocycles. The van der Waals surface area contributed by atoms with Crippen LogP contribution in [0.4, 0.5) is 0 Å². The predicted molar refractivity (Wildman–Crippen MR) is 86.8 cm³/mol. The van der Waals surface area contributed by atoms with Gasteiger partial charge in [-0.05, 0) is 35.4 Å². The molecule has 1 heterocycles. The van der Waals surface area contributed by atoms with Crippen LogP contribution in [-0.4, -0.2) is 53.6 Å². The summed E-state index contributed by atoms with van der Waals surface area (Å²) in [6.07, 6.45) is -4.77. The number of aliphatic hydroxyl groups is 3. The van der Waals surface area contributed by atoms with Crippen LogP contribution in [0.5, 0.6) is 11.5 Å². The molecule has 0 bridgehead atoms. The zero-order valence-corrected chi connectivity index (χ0v) is 13.2. The molecule has 0 spiro atoms. The molecule has 0 unspecified atom stereocenters. The fourth-order valence-corrected chi connectivity index (χ4v) is 2.55. The van der Waals surface area contributed by atoms with Crippen LogP contribution in [0.2, 0.25) is 0 Å². The van der Waals surface area contributed by atoms with Gasteiger partial charge in [0, 0.05) is 0 Å². The van der Waals surface area contributed by atoms with Crippen molar-refractivity contribution >= 4 is 0 Å². The molecule has 2 aromatic rings. The topological polar surface area (TPSA) is 88.4 Å². The smallest absolute Gasteiger partial charge is 0.228 e. The number of aliphatic hydroxyl groups excluding tert-OH is 3. The van der Waals surface area contributed by atoms with Crippen LogP contribution in [0.1, 0.15) is 0 Å². The Kier molecular flexibility index (Phi) is 5.01. The fraction of sp³-hybridized carbons (Fsp3) is 0.333. The third kappa shape index (κ3) is 3.52. The van der Waals surface area contributed by atoms with Crippen molar-refractivity contribution < 1.29 is 29.5 Å². The zero-order chi connectivity index (χ0) is 17.1. The number of ether oxygens (including phenoxy) is 3. The Hall–Kier alpha value is -2.12. The summed E-state index contributed by atoms with van der Waals surface area (Å²) >= 11 is 0. The van der Waals surface area contributed by atoms with Gasteiger partial charge in [-0.1, -0.05) is 24.3 Å². The lowest BCUT2D eigenvalue weighted by Gasteiger charge is -2.34. The van der Waals surface area contributed by atoms with Crippen LogP contribution in [0, 0.1) is 0 Å². The van der Waals surface area contributed by atoms with Crippen LogP contribution in [0.25, 0.3) is 11.1 Å². The van der Waals surface area contributed by atoms with Gasteiger partial charge in [-0.15, -0.1) is 0 Å². The van der Waals surface area contributed by atoms with E-state index in [4.69, 9.17) is 14.2 Å². The van der Waals surface area contributed by atoms with Crippen LogP contribution < -0.4 is 9.47 Å². The van der Waals surface area contributed by atoms with Crippen LogP contribution >= 0.6 is 0 Å². The minimum Gasteiger partial charge on any atom is -0.497 e. The van der Waals surface area contributed by atoms with E-state index in [2.05, 4.69) is 0 Å². The van der Waals surface area contributed by atoms with Crippen LogP contribution in [0.15, 0.2) is 48.5 Å². The zero-order valence-electron chi connectivity index (χ0n) is 13.2. The molecule has 24 heavy (non-hydrogen) atoms. The van der Waals surface area contributed by atoms with Gasteiger partial charge in [-0.2, -0.15) is 0 Å². The van der Waals surface area contributed by atoms with E-state index in [0.29, 0.717) is 5.75 Å². The molecule has 0 radical (unpaired) electrons. The normalized spacial score (nSPS) is 26.8. The summed E-state index contributed by atoms with van der Waals surface area (Å²) < 4.78 is 16.0. The molecule has 0 aromatic heterocycles. The average Bonchev–Trinajstić information content (AvgIpc) is 2.62. The number of rotatable bonds is 4. The van der Waals surface area contributed by atoms with Crippen molar-refractivity contribution in [1.82, 2.24) is 0 Å². The molecule has 0 amide bonds. The van der Waals surface area contributed by atoms with E-state index in [1.165, 1.54) is 0 Å². The molecule has 1 fully saturated rings. The maximum absolute atomic E-state index is 9.94. The molecule has 4 atom stereocenters. The third-order valence-corrected chi connectivity index (χ3v) is 3.96. The van der Waals surface area contributed by atoms with Crippen molar-refractivity contribution in [3.05, 3.63) is 48.5 Å². The summed E-state index contributed by atoms with van der Waals surface area (Å²) in [5.74, 6) is 1.27. The molecule has 6 nitrogen and oxygen atoms in total. The quantitative estimate of drug-likeness (QED) is 0.779. The maximum Gasteiger partial charge on any atom is 0.228 e. The summed E-state index contributed by atoms with van der Waals surface area (Å²) in [6.45, 7) is -0.0962. The van der Waals surface area contributed by atoms with Gasteiger partial charge in [0.25, 0.3) is 0 Å². The molecule has 3 N–H and O–H groups in total. The second-order valence-electron chi connectivity index (χ2n) is 5.62. The first kappa shape index (κ1) is 16.7. The molecule has 3 rings (SSSR count). The summed E-state index contributed by atoms with van der Waals surface area (Å²) in [4.78, 5) is 0. The molecule has 0 saturated carbocycles. The highest BCUT2D eigenvalue weighted by molar-refractivity contribution is 5.65. The van der Waals surface area contributed by atoms with E-state index in [1.807, 2.05) is 42.5 Å². The van der Waals surface area contributed by atoms with E-state index >= 15 is 0 Å². The van der Waals surface area contributed by atoms with Crippen molar-refractivity contribution in [2.24, 2.45) is 0 Å². The molecule has 1 aliphatic heterocycles. The minimum atomic E-state index is -1.32. The lowest BCUT2D eigenvalue weighted by atomic mass is 10.0. The van der Waals surface area contributed by atoms with Gasteiger partial charge in [0.05, 0.1) is 13.7 Å². The Labute approximate surface area is 139 Å². The summed E-state index contributed by atoms with van der Waals surface area (Å²) in [7, 11) is 1.62. The Balaban J connectivity index is 1.75. The Morgan fingerprint density at radius 3 is 2.38 bits per heavy atom.